The highest BCUT2D eigenvalue weighted by atomic mass is 16.2. The Morgan fingerprint density at radius 2 is 1.79 bits per heavy atom. The van der Waals surface area contributed by atoms with Crippen LogP contribution in [-0.4, -0.2) is 34.1 Å². The fourth-order valence-corrected chi connectivity index (χ4v) is 1.81. The molecule has 0 aliphatic rings. The number of hydrogen-bond donors (Lipinski definition) is 2. The van der Waals surface area contributed by atoms with Gasteiger partial charge >= 0.3 is 0 Å². The molecule has 0 aromatic carbocycles. The number of nitrogens with zero attached hydrogens (tertiary/aromatic N) is 3. The van der Waals surface area contributed by atoms with Gasteiger partial charge in [-0.05, 0) is 24.0 Å². The Hall–Kier alpha value is -1.69. The van der Waals surface area contributed by atoms with Crippen LogP contribution in [0.25, 0.3) is 0 Å². The quantitative estimate of drug-likeness (QED) is 0.601. The van der Waals surface area contributed by atoms with Crippen LogP contribution in [0.3, 0.4) is 0 Å². The number of aromatic nitrogens is 2. The van der Waals surface area contributed by atoms with Crippen LogP contribution in [0.4, 0.5) is 5.82 Å². The number of nitrogen functional groups attached to an aromatic ring is 1. The van der Waals surface area contributed by atoms with Crippen molar-refractivity contribution in [2.75, 3.05) is 18.5 Å². The molecule has 1 aromatic rings. The van der Waals surface area contributed by atoms with E-state index in [1.807, 2.05) is 4.90 Å². The largest absolute Gasteiger partial charge is 0.337 e. The van der Waals surface area contributed by atoms with E-state index in [-0.39, 0.29) is 5.91 Å². The van der Waals surface area contributed by atoms with Crippen molar-refractivity contribution in [3.63, 3.8) is 0 Å². The van der Waals surface area contributed by atoms with Crippen molar-refractivity contribution in [3.05, 3.63) is 17.8 Å². The molecule has 0 aliphatic carbocycles. The summed E-state index contributed by atoms with van der Waals surface area (Å²) in [6.45, 7) is 9.80. The van der Waals surface area contributed by atoms with Crippen molar-refractivity contribution in [1.29, 1.82) is 0 Å². The molecule has 1 aromatic heterocycles. The van der Waals surface area contributed by atoms with E-state index < -0.39 is 0 Å². The molecule has 1 rings (SSSR count). The van der Waals surface area contributed by atoms with Crippen molar-refractivity contribution in [2.45, 2.75) is 27.7 Å². The zero-order valence-corrected chi connectivity index (χ0v) is 12.1. The SMILES string of the molecule is CC(C)CN(CC(C)C)C(=O)c1ccc(NN)nn1. The predicted molar refractivity (Wildman–Crippen MR) is 75.4 cm³/mol. The van der Waals surface area contributed by atoms with Crippen LogP contribution in [-0.2, 0) is 0 Å². The summed E-state index contributed by atoms with van der Waals surface area (Å²) in [6, 6.07) is 3.28. The number of nitrogens with two attached hydrogens (primary N) is 1. The summed E-state index contributed by atoms with van der Waals surface area (Å²) in [6.07, 6.45) is 0. The second-order valence-corrected chi connectivity index (χ2v) is 5.45. The van der Waals surface area contributed by atoms with Gasteiger partial charge in [0.2, 0.25) is 0 Å². The second kappa shape index (κ2) is 7.04. The third kappa shape index (κ3) is 4.82. The summed E-state index contributed by atoms with van der Waals surface area (Å²) in [7, 11) is 0. The van der Waals surface area contributed by atoms with Gasteiger partial charge in [0.15, 0.2) is 11.5 Å². The Morgan fingerprint density at radius 1 is 1.21 bits per heavy atom. The van der Waals surface area contributed by atoms with E-state index in [1.54, 1.807) is 12.1 Å². The first kappa shape index (κ1) is 15.4. The number of amides is 1. The fourth-order valence-electron chi connectivity index (χ4n) is 1.81. The van der Waals surface area contributed by atoms with Crippen LogP contribution in [0.5, 0.6) is 0 Å². The maximum absolute atomic E-state index is 12.4. The monoisotopic (exact) mass is 265 g/mol. The molecule has 6 heteroatoms. The van der Waals surface area contributed by atoms with E-state index in [1.165, 1.54) is 0 Å². The Morgan fingerprint density at radius 3 is 2.16 bits per heavy atom. The molecule has 0 saturated carbocycles. The number of anilines is 1. The first-order chi connectivity index (χ1) is 8.93. The molecule has 0 fully saturated rings. The van der Waals surface area contributed by atoms with Gasteiger partial charge in [0.1, 0.15) is 0 Å². The van der Waals surface area contributed by atoms with Gasteiger partial charge in [-0.15, -0.1) is 10.2 Å². The second-order valence-electron chi connectivity index (χ2n) is 5.45. The molecule has 0 saturated heterocycles. The lowest BCUT2D eigenvalue weighted by Gasteiger charge is -2.25. The number of carbonyl (C=O) groups excluding carboxylic acids is 1. The summed E-state index contributed by atoms with van der Waals surface area (Å²) >= 11 is 0. The van der Waals surface area contributed by atoms with Crippen molar-refractivity contribution >= 4 is 11.7 Å². The standard InChI is InChI=1S/C13H23N5O/c1-9(2)7-18(8-10(3)4)13(19)11-5-6-12(15-14)17-16-11/h5-6,9-10H,7-8,14H2,1-4H3,(H,15,17). The molecule has 1 heterocycles. The number of hydrazine groups is 1. The van der Waals surface area contributed by atoms with Crippen LogP contribution in [0.2, 0.25) is 0 Å². The summed E-state index contributed by atoms with van der Waals surface area (Å²) in [4.78, 5) is 14.2. The maximum atomic E-state index is 12.4. The Labute approximate surface area is 114 Å². The third-order valence-electron chi connectivity index (χ3n) is 2.49. The number of carbonyl (C=O) groups is 1. The van der Waals surface area contributed by atoms with Gasteiger partial charge in [-0.1, -0.05) is 27.7 Å². The van der Waals surface area contributed by atoms with E-state index in [2.05, 4.69) is 43.3 Å². The normalized spacial score (nSPS) is 10.9. The van der Waals surface area contributed by atoms with Gasteiger partial charge in [0, 0.05) is 13.1 Å². The predicted octanol–water partition coefficient (Wildman–Crippen LogP) is 1.52. The van der Waals surface area contributed by atoms with E-state index in [0.29, 0.717) is 23.3 Å². The number of nitrogens with one attached hydrogen (secondary N) is 1. The minimum absolute atomic E-state index is 0.0847. The highest BCUT2D eigenvalue weighted by Crippen LogP contribution is 2.09. The molecule has 0 unspecified atom stereocenters. The maximum Gasteiger partial charge on any atom is 0.274 e. The Kier molecular flexibility index (Phi) is 5.69. The lowest BCUT2D eigenvalue weighted by Crippen LogP contribution is -2.37. The molecule has 0 aliphatic heterocycles. The lowest BCUT2D eigenvalue weighted by molar-refractivity contribution is 0.0708. The van der Waals surface area contributed by atoms with Crippen LogP contribution in [0, 0.1) is 11.8 Å². The van der Waals surface area contributed by atoms with Crippen LogP contribution in [0.15, 0.2) is 12.1 Å². The third-order valence-corrected chi connectivity index (χ3v) is 2.49. The number of rotatable bonds is 6. The van der Waals surface area contributed by atoms with Crippen LogP contribution >= 0.6 is 0 Å². The Balaban J connectivity index is 2.84. The minimum Gasteiger partial charge on any atom is -0.337 e. The number of hydrogen-bond acceptors (Lipinski definition) is 5. The molecule has 0 atom stereocenters. The van der Waals surface area contributed by atoms with Crippen LogP contribution in [0.1, 0.15) is 38.2 Å². The average molecular weight is 265 g/mol. The zero-order valence-electron chi connectivity index (χ0n) is 12.1. The zero-order chi connectivity index (χ0) is 14.4. The van der Waals surface area contributed by atoms with E-state index >= 15 is 0 Å². The smallest absolute Gasteiger partial charge is 0.274 e. The summed E-state index contributed by atoms with van der Waals surface area (Å²) in [5, 5.41) is 7.73. The highest BCUT2D eigenvalue weighted by molar-refractivity contribution is 5.92. The first-order valence-electron chi connectivity index (χ1n) is 6.53. The molecule has 0 spiro atoms. The minimum atomic E-state index is -0.0847. The average Bonchev–Trinajstić information content (AvgIpc) is 2.36. The van der Waals surface area contributed by atoms with Crippen molar-refractivity contribution < 1.29 is 4.79 Å². The molecular formula is C13H23N5O. The van der Waals surface area contributed by atoms with E-state index in [4.69, 9.17) is 5.84 Å². The van der Waals surface area contributed by atoms with Crippen molar-refractivity contribution in [1.82, 2.24) is 15.1 Å². The molecule has 19 heavy (non-hydrogen) atoms. The van der Waals surface area contributed by atoms with Gasteiger partial charge in [-0.25, -0.2) is 5.84 Å². The fraction of sp³-hybridized carbons (Fsp3) is 0.615. The molecule has 106 valence electrons. The summed E-state index contributed by atoms with van der Waals surface area (Å²) < 4.78 is 0. The van der Waals surface area contributed by atoms with Crippen LogP contribution < -0.4 is 11.3 Å². The molecular weight excluding hydrogens is 242 g/mol. The summed E-state index contributed by atoms with van der Waals surface area (Å²) in [5.74, 6) is 6.41. The molecule has 0 bridgehead atoms. The highest BCUT2D eigenvalue weighted by Gasteiger charge is 2.19. The topological polar surface area (TPSA) is 84.1 Å². The molecule has 3 N–H and O–H groups in total. The first-order valence-corrected chi connectivity index (χ1v) is 6.53. The van der Waals surface area contributed by atoms with Gasteiger partial charge in [-0.2, -0.15) is 0 Å². The molecule has 6 nitrogen and oxygen atoms in total. The Bertz CT molecular complexity index is 392. The van der Waals surface area contributed by atoms with Gasteiger partial charge in [-0.3, -0.25) is 4.79 Å². The van der Waals surface area contributed by atoms with Gasteiger partial charge < -0.3 is 10.3 Å². The van der Waals surface area contributed by atoms with E-state index in [9.17, 15) is 4.79 Å². The lowest BCUT2D eigenvalue weighted by atomic mass is 10.1. The van der Waals surface area contributed by atoms with Gasteiger partial charge in [0.05, 0.1) is 0 Å². The molecule has 0 radical (unpaired) electrons. The van der Waals surface area contributed by atoms with E-state index in [0.717, 1.165) is 13.1 Å². The van der Waals surface area contributed by atoms with Crippen molar-refractivity contribution in [2.24, 2.45) is 17.7 Å². The summed E-state index contributed by atoms with van der Waals surface area (Å²) in [5.41, 5.74) is 2.74. The van der Waals surface area contributed by atoms with Crippen molar-refractivity contribution in [3.8, 4) is 0 Å². The van der Waals surface area contributed by atoms with Gasteiger partial charge in [0.25, 0.3) is 5.91 Å². The molecule has 1 amide bonds.